The van der Waals surface area contributed by atoms with Crippen molar-refractivity contribution in [1.29, 1.82) is 0 Å². The molecule has 0 bridgehead atoms. The fourth-order valence-corrected chi connectivity index (χ4v) is 2.01. The Morgan fingerprint density at radius 3 is 2.29 bits per heavy atom. The maximum absolute atomic E-state index is 10.6. The van der Waals surface area contributed by atoms with E-state index in [0.29, 0.717) is 0 Å². The van der Waals surface area contributed by atoms with Crippen molar-refractivity contribution >= 4 is 22.1 Å². The number of hydrogen-bond acceptors (Lipinski definition) is 3. The topological polar surface area (TPSA) is 59.1 Å². The van der Waals surface area contributed by atoms with Crippen LogP contribution in [0.15, 0.2) is 67.0 Å². The number of nitro groups is 1. The van der Waals surface area contributed by atoms with E-state index >= 15 is 0 Å². The van der Waals surface area contributed by atoms with Crippen LogP contribution in [0.2, 0.25) is 0 Å². The Balaban J connectivity index is 0.00000161. The highest BCUT2D eigenvalue weighted by Gasteiger charge is 2.07. The Kier molecular flexibility index (Phi) is 4.35. The minimum atomic E-state index is -0.410. The van der Waals surface area contributed by atoms with E-state index in [-0.39, 0.29) is 18.1 Å². The number of nitrogens with zero attached hydrogens (tertiary/aromatic N) is 2. The average molecular weight is 302 g/mol. The molecule has 0 aliphatic carbocycles. The van der Waals surface area contributed by atoms with E-state index in [0.717, 1.165) is 16.5 Å². The van der Waals surface area contributed by atoms with Crippen molar-refractivity contribution in [2.45, 2.75) is 0 Å². The number of fused-ring (bicyclic) bond motifs is 1. The third-order valence-corrected chi connectivity index (χ3v) is 3.03. The number of aromatic nitrogens is 1. The van der Waals surface area contributed by atoms with Gasteiger partial charge < -0.3 is 12.4 Å². The van der Waals surface area contributed by atoms with E-state index in [1.807, 2.05) is 47.4 Å². The average Bonchev–Trinajstić information content (AvgIpc) is 2.48. The molecule has 106 valence electrons. The van der Waals surface area contributed by atoms with E-state index in [2.05, 4.69) is 5.43 Å². The lowest BCUT2D eigenvalue weighted by Gasteiger charge is -2.01. The molecule has 0 unspecified atom stereocenters. The van der Waals surface area contributed by atoms with Crippen molar-refractivity contribution in [3.05, 3.63) is 77.1 Å². The number of anilines is 1. The van der Waals surface area contributed by atoms with Crippen LogP contribution in [0.4, 0.5) is 11.4 Å². The fraction of sp³-hybridized carbons (Fsp3) is 0. The maximum Gasteiger partial charge on any atom is 0.269 e. The van der Waals surface area contributed by atoms with Gasteiger partial charge in [0.1, 0.15) is 0 Å². The predicted molar refractivity (Wildman–Crippen MR) is 76.3 cm³/mol. The molecule has 3 rings (SSSR count). The highest BCUT2D eigenvalue weighted by molar-refractivity contribution is 5.80. The molecule has 0 spiro atoms. The Labute approximate surface area is 127 Å². The van der Waals surface area contributed by atoms with Crippen molar-refractivity contribution in [3.63, 3.8) is 0 Å². The fourth-order valence-electron chi connectivity index (χ4n) is 2.01. The van der Waals surface area contributed by atoms with Gasteiger partial charge >= 0.3 is 0 Å². The molecule has 0 fully saturated rings. The summed E-state index contributed by atoms with van der Waals surface area (Å²) in [5.74, 6) is 0. The molecule has 0 atom stereocenters. The normalized spacial score (nSPS) is 9.90. The van der Waals surface area contributed by atoms with Crippen LogP contribution in [0.5, 0.6) is 0 Å². The van der Waals surface area contributed by atoms with Crippen LogP contribution in [0.1, 0.15) is 0 Å². The van der Waals surface area contributed by atoms with E-state index in [9.17, 15) is 10.1 Å². The summed E-state index contributed by atoms with van der Waals surface area (Å²) in [6.45, 7) is 0. The monoisotopic (exact) mass is 301 g/mol. The van der Waals surface area contributed by atoms with E-state index in [1.54, 1.807) is 12.1 Å². The molecule has 0 saturated carbocycles. The SMILES string of the molecule is O=[N+]([O-])c1ccc(N[n+]2ccc3ccccc3c2)cc1.[Cl-]. The van der Waals surface area contributed by atoms with E-state index in [1.165, 1.54) is 12.1 Å². The molecule has 1 N–H and O–H groups in total. The Bertz CT molecular complexity index is 775. The zero-order chi connectivity index (χ0) is 13.9. The quantitative estimate of drug-likeness (QED) is 0.418. The molecule has 21 heavy (non-hydrogen) atoms. The summed E-state index contributed by atoms with van der Waals surface area (Å²) in [6.07, 6.45) is 3.88. The summed E-state index contributed by atoms with van der Waals surface area (Å²) >= 11 is 0. The standard InChI is InChI=1S/C15H12N3O2.ClH/c19-18(20)15-7-5-14(6-8-15)16-17-10-9-12-3-1-2-4-13(12)11-17;/h1-11,16H;1H/q+1;/p-1. The smallest absolute Gasteiger partial charge is 0.269 e. The summed E-state index contributed by atoms with van der Waals surface area (Å²) in [5, 5.41) is 12.9. The third-order valence-electron chi connectivity index (χ3n) is 3.03. The lowest BCUT2D eigenvalue weighted by Crippen LogP contribution is -3.00. The first-order chi connectivity index (χ1) is 9.72. The first-order valence-electron chi connectivity index (χ1n) is 6.14. The number of pyridine rings is 1. The van der Waals surface area contributed by atoms with Gasteiger partial charge in [0.05, 0.1) is 10.6 Å². The van der Waals surface area contributed by atoms with Crippen LogP contribution in [-0.4, -0.2) is 4.92 Å². The molecule has 1 aromatic heterocycles. The van der Waals surface area contributed by atoms with Gasteiger partial charge in [-0.05, 0) is 23.6 Å². The largest absolute Gasteiger partial charge is 1.00 e. The zero-order valence-electron chi connectivity index (χ0n) is 10.9. The van der Waals surface area contributed by atoms with Gasteiger partial charge in [-0.1, -0.05) is 22.9 Å². The molecular formula is C15H12ClN3O2. The maximum atomic E-state index is 10.6. The first-order valence-corrected chi connectivity index (χ1v) is 6.14. The first kappa shape index (κ1) is 14.7. The van der Waals surface area contributed by atoms with Gasteiger partial charge in [-0.3, -0.25) is 10.1 Å². The minimum absolute atomic E-state index is 0. The molecule has 0 saturated heterocycles. The number of hydrogen-bond donors (Lipinski definition) is 1. The number of benzene rings is 2. The van der Waals surface area contributed by atoms with Crippen molar-refractivity contribution in [1.82, 2.24) is 0 Å². The number of nitrogens with one attached hydrogen (secondary N) is 1. The highest BCUT2D eigenvalue weighted by Crippen LogP contribution is 2.15. The highest BCUT2D eigenvalue weighted by atomic mass is 35.5. The number of rotatable bonds is 3. The van der Waals surface area contributed by atoms with Gasteiger partial charge in [0.25, 0.3) is 5.69 Å². The van der Waals surface area contributed by atoms with Gasteiger partial charge in [-0.15, -0.1) is 0 Å². The summed E-state index contributed by atoms with van der Waals surface area (Å²) < 4.78 is 1.82. The lowest BCUT2D eigenvalue weighted by atomic mass is 10.2. The van der Waals surface area contributed by atoms with Crippen LogP contribution in [0.25, 0.3) is 10.8 Å². The number of halogens is 1. The second-order valence-electron chi connectivity index (χ2n) is 4.40. The third kappa shape index (κ3) is 3.27. The second kappa shape index (κ2) is 6.19. The van der Waals surface area contributed by atoms with Crippen molar-refractivity contribution in [3.8, 4) is 0 Å². The van der Waals surface area contributed by atoms with E-state index in [4.69, 9.17) is 0 Å². The summed E-state index contributed by atoms with van der Waals surface area (Å²) in [6, 6.07) is 16.4. The Morgan fingerprint density at radius 2 is 1.62 bits per heavy atom. The van der Waals surface area contributed by atoms with Crippen LogP contribution >= 0.6 is 0 Å². The lowest BCUT2D eigenvalue weighted by molar-refractivity contribution is -0.641. The van der Waals surface area contributed by atoms with Crippen LogP contribution < -0.4 is 22.5 Å². The predicted octanol–water partition coefficient (Wildman–Crippen LogP) is -0.0853. The Morgan fingerprint density at radius 1 is 0.952 bits per heavy atom. The van der Waals surface area contributed by atoms with Crippen molar-refractivity contribution in [2.75, 3.05) is 5.43 Å². The Hall–Kier alpha value is -2.66. The van der Waals surface area contributed by atoms with Crippen molar-refractivity contribution in [2.24, 2.45) is 0 Å². The summed E-state index contributed by atoms with van der Waals surface area (Å²) in [5.41, 5.74) is 4.03. The second-order valence-corrected chi connectivity index (χ2v) is 4.40. The molecule has 3 aromatic rings. The number of non-ortho nitro benzene ring substituents is 1. The molecule has 1 heterocycles. The van der Waals surface area contributed by atoms with Gasteiger partial charge in [0.2, 0.25) is 6.20 Å². The summed E-state index contributed by atoms with van der Waals surface area (Å²) in [4.78, 5) is 10.2. The summed E-state index contributed by atoms with van der Waals surface area (Å²) in [7, 11) is 0. The van der Waals surface area contributed by atoms with Crippen LogP contribution in [-0.2, 0) is 0 Å². The minimum Gasteiger partial charge on any atom is -1.00 e. The van der Waals surface area contributed by atoms with Gasteiger partial charge in [-0.25, -0.2) is 0 Å². The molecule has 0 amide bonds. The van der Waals surface area contributed by atoms with Gasteiger partial charge in [0.15, 0.2) is 6.20 Å². The number of nitro benzene ring substituents is 1. The van der Waals surface area contributed by atoms with E-state index < -0.39 is 4.92 Å². The molecule has 0 radical (unpaired) electrons. The zero-order valence-corrected chi connectivity index (χ0v) is 11.7. The molecule has 0 aliphatic heterocycles. The molecule has 0 aliphatic rings. The van der Waals surface area contributed by atoms with Gasteiger partial charge in [0, 0.05) is 23.6 Å². The van der Waals surface area contributed by atoms with Crippen molar-refractivity contribution < 1.29 is 22.0 Å². The van der Waals surface area contributed by atoms with Crippen LogP contribution in [0, 0.1) is 10.1 Å². The van der Waals surface area contributed by atoms with Crippen LogP contribution in [0.3, 0.4) is 0 Å². The molecule has 5 nitrogen and oxygen atoms in total. The van der Waals surface area contributed by atoms with Gasteiger partial charge in [-0.2, -0.15) is 5.43 Å². The molecular weight excluding hydrogens is 290 g/mol. The molecule has 6 heteroatoms. The molecule has 2 aromatic carbocycles.